The molecule has 0 fully saturated rings. The Morgan fingerprint density at radius 3 is 2.76 bits per heavy atom. The van der Waals surface area contributed by atoms with E-state index in [1.807, 2.05) is 31.2 Å². The van der Waals surface area contributed by atoms with Crippen molar-refractivity contribution >= 4 is 28.8 Å². The number of aromatic nitrogens is 1. The van der Waals surface area contributed by atoms with Gasteiger partial charge in [0.25, 0.3) is 5.91 Å². The number of rotatable bonds is 7. The third kappa shape index (κ3) is 5.02. The Balaban J connectivity index is 1.59. The highest BCUT2D eigenvalue weighted by Crippen LogP contribution is 2.17. The summed E-state index contributed by atoms with van der Waals surface area (Å²) in [6.45, 7) is 3.28. The van der Waals surface area contributed by atoms with Crippen molar-refractivity contribution < 1.29 is 9.53 Å². The predicted molar refractivity (Wildman–Crippen MR) is 85.4 cm³/mol. The molecule has 0 aliphatic heterocycles. The molecular formula is C15H17ClN2O2S. The molecule has 0 aliphatic rings. The predicted octanol–water partition coefficient (Wildman–Crippen LogP) is 3.69. The SMILES string of the molecule is Cc1ccc(OCCCCNC(=O)c2scnc2Cl)cc1. The molecule has 6 heteroatoms. The number of thiazole rings is 1. The Morgan fingerprint density at radius 1 is 1.33 bits per heavy atom. The second-order valence-electron chi connectivity index (χ2n) is 4.60. The molecule has 0 aliphatic carbocycles. The van der Waals surface area contributed by atoms with Crippen molar-refractivity contribution in [3.05, 3.63) is 45.4 Å². The van der Waals surface area contributed by atoms with E-state index >= 15 is 0 Å². The van der Waals surface area contributed by atoms with Gasteiger partial charge < -0.3 is 10.1 Å². The number of halogens is 1. The first-order valence-electron chi connectivity index (χ1n) is 6.73. The van der Waals surface area contributed by atoms with Crippen molar-refractivity contribution in [1.29, 1.82) is 0 Å². The van der Waals surface area contributed by atoms with Gasteiger partial charge in [0.2, 0.25) is 0 Å². The third-order valence-corrected chi connectivity index (χ3v) is 4.10. The van der Waals surface area contributed by atoms with E-state index < -0.39 is 0 Å². The summed E-state index contributed by atoms with van der Waals surface area (Å²) in [6.07, 6.45) is 1.73. The van der Waals surface area contributed by atoms with Crippen LogP contribution in [0.4, 0.5) is 0 Å². The van der Waals surface area contributed by atoms with Gasteiger partial charge >= 0.3 is 0 Å². The van der Waals surface area contributed by atoms with Crippen molar-refractivity contribution in [2.24, 2.45) is 0 Å². The molecule has 1 amide bonds. The van der Waals surface area contributed by atoms with Crippen molar-refractivity contribution in [1.82, 2.24) is 10.3 Å². The zero-order chi connectivity index (χ0) is 15.1. The maximum atomic E-state index is 11.8. The molecule has 0 atom stereocenters. The number of hydrogen-bond donors (Lipinski definition) is 1. The van der Waals surface area contributed by atoms with Gasteiger partial charge in [0.1, 0.15) is 10.6 Å². The lowest BCUT2D eigenvalue weighted by molar-refractivity contribution is 0.0956. The number of unbranched alkanes of at least 4 members (excludes halogenated alkanes) is 1. The summed E-state index contributed by atoms with van der Waals surface area (Å²) in [6, 6.07) is 7.97. The molecule has 0 radical (unpaired) electrons. The van der Waals surface area contributed by atoms with E-state index in [9.17, 15) is 4.79 Å². The first kappa shape index (κ1) is 15.8. The fourth-order valence-electron chi connectivity index (χ4n) is 1.71. The summed E-state index contributed by atoms with van der Waals surface area (Å²) >= 11 is 7.04. The van der Waals surface area contributed by atoms with Crippen LogP contribution >= 0.6 is 22.9 Å². The number of carbonyl (C=O) groups is 1. The highest BCUT2D eigenvalue weighted by Gasteiger charge is 2.11. The molecule has 1 aromatic carbocycles. The van der Waals surface area contributed by atoms with E-state index in [-0.39, 0.29) is 11.1 Å². The summed E-state index contributed by atoms with van der Waals surface area (Å²) in [5.41, 5.74) is 2.78. The lowest BCUT2D eigenvalue weighted by atomic mass is 10.2. The van der Waals surface area contributed by atoms with Gasteiger partial charge in [0, 0.05) is 6.54 Å². The number of hydrogen-bond acceptors (Lipinski definition) is 4. The standard InChI is InChI=1S/C15H17ClN2O2S/c1-11-4-6-12(7-5-11)20-9-3-2-8-17-15(19)13-14(16)18-10-21-13/h4-7,10H,2-3,8-9H2,1H3,(H,17,19). The molecule has 1 heterocycles. The van der Waals surface area contributed by atoms with Gasteiger partial charge in [-0.2, -0.15) is 0 Å². The largest absolute Gasteiger partial charge is 0.494 e. The van der Waals surface area contributed by atoms with Gasteiger partial charge in [-0.1, -0.05) is 29.3 Å². The molecule has 21 heavy (non-hydrogen) atoms. The molecule has 1 aromatic heterocycles. The minimum absolute atomic E-state index is 0.165. The van der Waals surface area contributed by atoms with Crippen LogP contribution in [0.1, 0.15) is 28.1 Å². The monoisotopic (exact) mass is 324 g/mol. The van der Waals surface area contributed by atoms with Crippen LogP contribution in [-0.2, 0) is 0 Å². The molecule has 0 bridgehead atoms. The number of amides is 1. The van der Waals surface area contributed by atoms with E-state index in [0.29, 0.717) is 18.0 Å². The molecule has 112 valence electrons. The second-order valence-corrected chi connectivity index (χ2v) is 5.81. The highest BCUT2D eigenvalue weighted by molar-refractivity contribution is 7.12. The molecule has 0 saturated heterocycles. The molecule has 0 saturated carbocycles. The molecule has 2 aromatic rings. The normalized spacial score (nSPS) is 10.4. The second kappa shape index (κ2) is 8.00. The topological polar surface area (TPSA) is 51.2 Å². The minimum Gasteiger partial charge on any atom is -0.494 e. The van der Waals surface area contributed by atoms with Crippen LogP contribution in [0, 0.1) is 6.92 Å². The van der Waals surface area contributed by atoms with Gasteiger partial charge in [-0.25, -0.2) is 4.98 Å². The maximum absolute atomic E-state index is 11.8. The zero-order valence-corrected chi connectivity index (χ0v) is 13.3. The van der Waals surface area contributed by atoms with E-state index in [4.69, 9.17) is 16.3 Å². The van der Waals surface area contributed by atoms with Crippen molar-refractivity contribution in [2.45, 2.75) is 19.8 Å². The van der Waals surface area contributed by atoms with Crippen LogP contribution in [0.3, 0.4) is 0 Å². The Morgan fingerprint density at radius 2 is 2.10 bits per heavy atom. The molecule has 0 unspecified atom stereocenters. The van der Waals surface area contributed by atoms with Crippen LogP contribution in [-0.4, -0.2) is 24.0 Å². The van der Waals surface area contributed by atoms with Crippen LogP contribution < -0.4 is 10.1 Å². The number of benzene rings is 1. The maximum Gasteiger partial charge on any atom is 0.264 e. The summed E-state index contributed by atoms with van der Waals surface area (Å²) in [5, 5.41) is 3.09. The Labute approximate surface area is 133 Å². The number of carbonyl (C=O) groups excluding carboxylic acids is 1. The lowest BCUT2D eigenvalue weighted by Crippen LogP contribution is -2.24. The number of aryl methyl sites for hydroxylation is 1. The van der Waals surface area contributed by atoms with Crippen LogP contribution in [0.5, 0.6) is 5.75 Å². The molecular weight excluding hydrogens is 308 g/mol. The average Bonchev–Trinajstić information content (AvgIpc) is 2.90. The number of nitrogens with zero attached hydrogens (tertiary/aromatic N) is 1. The summed E-state index contributed by atoms with van der Waals surface area (Å²) in [5.74, 6) is 0.711. The van der Waals surface area contributed by atoms with Gasteiger partial charge in [-0.05, 0) is 31.9 Å². The van der Waals surface area contributed by atoms with E-state index in [1.165, 1.54) is 16.9 Å². The summed E-state index contributed by atoms with van der Waals surface area (Å²) < 4.78 is 5.62. The molecule has 4 nitrogen and oxygen atoms in total. The highest BCUT2D eigenvalue weighted by atomic mass is 35.5. The van der Waals surface area contributed by atoms with Crippen LogP contribution in [0.25, 0.3) is 0 Å². The smallest absolute Gasteiger partial charge is 0.264 e. The third-order valence-electron chi connectivity index (χ3n) is 2.88. The lowest BCUT2D eigenvalue weighted by Gasteiger charge is -2.07. The van der Waals surface area contributed by atoms with Crippen LogP contribution in [0.15, 0.2) is 29.8 Å². The summed E-state index contributed by atoms with van der Waals surface area (Å²) in [7, 11) is 0. The van der Waals surface area contributed by atoms with Gasteiger partial charge in [0.15, 0.2) is 5.15 Å². The van der Waals surface area contributed by atoms with E-state index in [1.54, 1.807) is 5.51 Å². The summed E-state index contributed by atoms with van der Waals surface area (Å²) in [4.78, 5) is 16.1. The Kier molecular flexibility index (Phi) is 6.02. The van der Waals surface area contributed by atoms with E-state index in [0.717, 1.165) is 18.6 Å². The minimum atomic E-state index is -0.165. The molecule has 1 N–H and O–H groups in total. The number of nitrogens with one attached hydrogen (secondary N) is 1. The molecule has 0 spiro atoms. The van der Waals surface area contributed by atoms with Crippen molar-refractivity contribution in [3.63, 3.8) is 0 Å². The van der Waals surface area contributed by atoms with E-state index in [2.05, 4.69) is 10.3 Å². The fraction of sp³-hybridized carbons (Fsp3) is 0.333. The number of ether oxygens (including phenoxy) is 1. The van der Waals surface area contributed by atoms with Crippen LogP contribution in [0.2, 0.25) is 5.15 Å². The van der Waals surface area contributed by atoms with Gasteiger partial charge in [0.05, 0.1) is 12.1 Å². The quantitative estimate of drug-likeness (QED) is 0.790. The Hall–Kier alpha value is -1.59. The average molecular weight is 325 g/mol. The zero-order valence-electron chi connectivity index (χ0n) is 11.8. The molecule has 2 rings (SSSR count). The van der Waals surface area contributed by atoms with Gasteiger partial charge in [-0.15, -0.1) is 11.3 Å². The first-order chi connectivity index (χ1) is 10.2. The van der Waals surface area contributed by atoms with Crippen molar-refractivity contribution in [3.8, 4) is 5.75 Å². The van der Waals surface area contributed by atoms with Crippen molar-refractivity contribution in [2.75, 3.05) is 13.2 Å². The fourth-order valence-corrected chi connectivity index (χ4v) is 2.63. The Bertz CT molecular complexity index is 584. The first-order valence-corrected chi connectivity index (χ1v) is 7.99. The van der Waals surface area contributed by atoms with Gasteiger partial charge in [-0.3, -0.25) is 4.79 Å².